The molecule has 0 spiro atoms. The van der Waals surface area contributed by atoms with Gasteiger partial charge in [-0.15, -0.1) is 0 Å². The number of hydrogen-bond acceptors (Lipinski definition) is 4. The Hall–Kier alpha value is -0.160. The molecule has 4 heteroatoms. The quantitative estimate of drug-likeness (QED) is 0.0746. The zero-order valence-corrected chi connectivity index (χ0v) is 26.7. The maximum Gasteiger partial charge on any atom is 0.0834 e. The second kappa shape index (κ2) is 26.7. The summed E-state index contributed by atoms with van der Waals surface area (Å²) in [5, 5.41) is 19.5. The molecule has 0 aromatic carbocycles. The third-order valence-corrected chi connectivity index (χ3v) is 8.70. The van der Waals surface area contributed by atoms with Crippen LogP contribution in [0.2, 0.25) is 0 Å². The van der Waals surface area contributed by atoms with E-state index in [1.165, 1.54) is 135 Å². The topological polar surface area (TPSA) is 65.5 Å². The van der Waals surface area contributed by atoms with Crippen LogP contribution in [-0.2, 0) is 9.47 Å². The van der Waals surface area contributed by atoms with Crippen LogP contribution in [0.4, 0.5) is 0 Å². The molecule has 4 nitrogen and oxygen atoms in total. The van der Waals surface area contributed by atoms with Crippen molar-refractivity contribution in [2.45, 2.75) is 206 Å². The maximum absolute atomic E-state index is 9.74. The maximum atomic E-state index is 9.74. The highest BCUT2D eigenvalue weighted by Crippen LogP contribution is 2.20. The molecule has 2 rings (SSSR count). The lowest BCUT2D eigenvalue weighted by Crippen LogP contribution is -2.09. The Morgan fingerprint density at radius 3 is 1.13 bits per heavy atom. The van der Waals surface area contributed by atoms with Gasteiger partial charge in [0.25, 0.3) is 0 Å². The third kappa shape index (κ3) is 27.8. The summed E-state index contributed by atoms with van der Waals surface area (Å²) in [5.74, 6) is 0.919. The summed E-state index contributed by atoms with van der Waals surface area (Å²) < 4.78 is 10.3. The van der Waals surface area contributed by atoms with E-state index in [0.29, 0.717) is 12.2 Å². The summed E-state index contributed by atoms with van der Waals surface area (Å²) in [7, 11) is 0. The minimum absolute atomic E-state index is 0.119. The second-order valence-corrected chi connectivity index (χ2v) is 12.9. The van der Waals surface area contributed by atoms with Gasteiger partial charge in [-0.25, -0.2) is 0 Å². The van der Waals surface area contributed by atoms with Gasteiger partial charge in [0.15, 0.2) is 0 Å². The standard InChI is InChI=1S/C18H36O2.C17H34O2/c1-3-16(2)12-10-8-6-4-5-7-9-11-13-17(19)14-18-15-20-18;1-2-3-4-5-6-7-8-9-10-11-12-13-16(18)14-17-15-19-17/h16-19H,3-15H2,1-2H3;16-18H,2-15H2,1H3. The smallest absolute Gasteiger partial charge is 0.0834 e. The largest absolute Gasteiger partial charge is 0.393 e. The molecule has 2 N–H and O–H groups in total. The van der Waals surface area contributed by atoms with Gasteiger partial charge in [-0.2, -0.15) is 0 Å². The van der Waals surface area contributed by atoms with Gasteiger partial charge in [0.2, 0.25) is 0 Å². The van der Waals surface area contributed by atoms with Gasteiger partial charge in [-0.05, 0) is 18.8 Å². The Bertz CT molecular complexity index is 491. The van der Waals surface area contributed by atoms with Crippen LogP contribution in [0.3, 0.4) is 0 Å². The van der Waals surface area contributed by atoms with Crippen LogP contribution in [0.15, 0.2) is 0 Å². The van der Waals surface area contributed by atoms with Crippen molar-refractivity contribution < 1.29 is 19.7 Å². The normalized spacial score (nSPS) is 20.2. The van der Waals surface area contributed by atoms with Gasteiger partial charge in [-0.3, -0.25) is 0 Å². The van der Waals surface area contributed by atoms with E-state index in [1.807, 2.05) is 0 Å². The molecule has 234 valence electrons. The molecule has 39 heavy (non-hydrogen) atoms. The predicted molar refractivity (Wildman–Crippen MR) is 167 cm³/mol. The Morgan fingerprint density at radius 1 is 0.513 bits per heavy atom. The van der Waals surface area contributed by atoms with Crippen LogP contribution < -0.4 is 0 Å². The molecule has 2 heterocycles. The molecule has 0 radical (unpaired) electrons. The van der Waals surface area contributed by atoms with Crippen molar-refractivity contribution in [1.82, 2.24) is 0 Å². The highest BCUT2D eigenvalue weighted by molar-refractivity contribution is 4.74. The van der Waals surface area contributed by atoms with Crippen molar-refractivity contribution in [3.05, 3.63) is 0 Å². The molecule has 0 aromatic heterocycles. The molecule has 0 saturated carbocycles. The molecule has 2 saturated heterocycles. The monoisotopic (exact) mass is 555 g/mol. The molecule has 0 bridgehead atoms. The van der Waals surface area contributed by atoms with Gasteiger partial charge in [0, 0.05) is 12.8 Å². The van der Waals surface area contributed by atoms with Crippen molar-refractivity contribution in [3.8, 4) is 0 Å². The van der Waals surface area contributed by atoms with Crippen LogP contribution >= 0.6 is 0 Å². The van der Waals surface area contributed by atoms with E-state index in [9.17, 15) is 10.2 Å². The summed E-state index contributed by atoms with van der Waals surface area (Å²) in [6, 6.07) is 0. The van der Waals surface area contributed by atoms with Crippen molar-refractivity contribution in [2.75, 3.05) is 13.2 Å². The van der Waals surface area contributed by atoms with Gasteiger partial charge >= 0.3 is 0 Å². The summed E-state index contributed by atoms with van der Waals surface area (Å²) in [6.07, 6.45) is 32.9. The second-order valence-electron chi connectivity index (χ2n) is 12.9. The van der Waals surface area contributed by atoms with E-state index in [0.717, 1.165) is 44.8 Å². The number of unbranched alkanes of at least 4 members (excludes halogenated alkanes) is 17. The van der Waals surface area contributed by atoms with Crippen molar-refractivity contribution >= 4 is 0 Å². The molecule has 5 unspecified atom stereocenters. The lowest BCUT2D eigenvalue weighted by Gasteiger charge is -2.09. The minimum Gasteiger partial charge on any atom is -0.393 e. The fourth-order valence-electron chi connectivity index (χ4n) is 5.43. The predicted octanol–water partition coefficient (Wildman–Crippen LogP) is 9.92. The highest BCUT2D eigenvalue weighted by Gasteiger charge is 2.25. The van der Waals surface area contributed by atoms with Crippen LogP contribution in [-0.4, -0.2) is 47.8 Å². The first kappa shape index (κ1) is 36.9. The van der Waals surface area contributed by atoms with Crippen LogP contribution in [0, 0.1) is 5.92 Å². The van der Waals surface area contributed by atoms with Crippen LogP contribution in [0.25, 0.3) is 0 Å². The summed E-state index contributed by atoms with van der Waals surface area (Å²) >= 11 is 0. The number of rotatable bonds is 28. The zero-order chi connectivity index (χ0) is 28.4. The first-order valence-corrected chi connectivity index (χ1v) is 17.6. The van der Waals surface area contributed by atoms with Crippen molar-refractivity contribution in [3.63, 3.8) is 0 Å². The third-order valence-electron chi connectivity index (χ3n) is 8.70. The van der Waals surface area contributed by atoms with E-state index in [-0.39, 0.29) is 12.2 Å². The number of aliphatic hydroxyl groups excluding tert-OH is 2. The fourth-order valence-corrected chi connectivity index (χ4v) is 5.43. The lowest BCUT2D eigenvalue weighted by atomic mass is 9.99. The van der Waals surface area contributed by atoms with E-state index >= 15 is 0 Å². The van der Waals surface area contributed by atoms with E-state index in [4.69, 9.17) is 9.47 Å². The van der Waals surface area contributed by atoms with Crippen LogP contribution in [0.1, 0.15) is 181 Å². The SMILES string of the molecule is CCC(C)CCCCCCCCCCC(O)CC1CO1.CCCCCCCCCCCCCC(O)CC1CO1. The Labute approximate surface area is 244 Å². The van der Waals surface area contributed by atoms with E-state index in [2.05, 4.69) is 20.8 Å². The number of aliphatic hydroxyl groups is 2. The lowest BCUT2D eigenvalue weighted by molar-refractivity contribution is 0.138. The van der Waals surface area contributed by atoms with Gasteiger partial charge in [0.1, 0.15) is 0 Å². The van der Waals surface area contributed by atoms with Crippen LogP contribution in [0.5, 0.6) is 0 Å². The van der Waals surface area contributed by atoms with Crippen molar-refractivity contribution in [2.24, 2.45) is 5.92 Å². The van der Waals surface area contributed by atoms with E-state index in [1.54, 1.807) is 0 Å². The van der Waals surface area contributed by atoms with Crippen molar-refractivity contribution in [1.29, 1.82) is 0 Å². The summed E-state index contributed by atoms with van der Waals surface area (Å²) in [6.45, 7) is 8.67. The summed E-state index contributed by atoms with van der Waals surface area (Å²) in [4.78, 5) is 0. The molecule has 0 amide bonds. The average Bonchev–Trinajstić information content (AvgIpc) is 3.86. The number of hydrogen-bond donors (Lipinski definition) is 2. The van der Waals surface area contributed by atoms with E-state index < -0.39 is 0 Å². The first-order valence-electron chi connectivity index (χ1n) is 17.6. The molecule has 2 aliphatic heterocycles. The fraction of sp³-hybridized carbons (Fsp3) is 1.00. The average molecular weight is 555 g/mol. The first-order chi connectivity index (χ1) is 19.0. The van der Waals surface area contributed by atoms with Gasteiger partial charge < -0.3 is 19.7 Å². The molecular weight excluding hydrogens is 484 g/mol. The molecule has 0 aromatic rings. The minimum atomic E-state index is -0.122. The number of ether oxygens (including phenoxy) is 2. The van der Waals surface area contributed by atoms with Gasteiger partial charge in [-0.1, -0.05) is 156 Å². The molecular formula is C35H70O4. The Kier molecular flexibility index (Phi) is 25.3. The summed E-state index contributed by atoms with van der Waals surface area (Å²) in [5.41, 5.74) is 0. The number of epoxide rings is 2. The molecule has 0 aliphatic carbocycles. The van der Waals surface area contributed by atoms with Gasteiger partial charge in [0.05, 0.1) is 37.6 Å². The zero-order valence-electron chi connectivity index (χ0n) is 26.7. The highest BCUT2D eigenvalue weighted by atomic mass is 16.6. The molecule has 5 atom stereocenters. The Morgan fingerprint density at radius 2 is 0.821 bits per heavy atom. The molecule has 2 aliphatic rings. The Balaban J connectivity index is 0.000000391. The molecule has 2 fully saturated rings.